The van der Waals surface area contributed by atoms with Crippen LogP contribution in [0.2, 0.25) is 0 Å². The molecule has 1 aliphatic rings. The molecule has 0 aromatic heterocycles. The van der Waals surface area contributed by atoms with Crippen molar-refractivity contribution in [3.63, 3.8) is 0 Å². The Labute approximate surface area is 108 Å². The van der Waals surface area contributed by atoms with Crippen molar-refractivity contribution in [2.24, 2.45) is 5.92 Å². The highest BCUT2D eigenvalue weighted by Crippen LogP contribution is 2.35. The molecule has 0 aliphatic carbocycles. The van der Waals surface area contributed by atoms with Crippen LogP contribution in [0.25, 0.3) is 0 Å². The van der Waals surface area contributed by atoms with Crippen LogP contribution in [0.3, 0.4) is 0 Å². The minimum Gasteiger partial charge on any atom is -0.454 e. The van der Waals surface area contributed by atoms with Crippen molar-refractivity contribution in [3.8, 4) is 17.6 Å². The monoisotopic (exact) mass is 246 g/mol. The Kier molecular flexibility index (Phi) is 3.73. The van der Waals surface area contributed by atoms with Gasteiger partial charge in [-0.2, -0.15) is 5.26 Å². The van der Waals surface area contributed by atoms with E-state index in [2.05, 4.69) is 24.8 Å². The molecule has 2 rings (SSSR count). The predicted octanol–water partition coefficient (Wildman–Crippen LogP) is 2.57. The molecule has 1 aliphatic heterocycles. The Morgan fingerprint density at radius 2 is 2.06 bits per heavy atom. The standard InChI is InChI=1S/C14H18N2O2/c1-10(2)8-16(3)12(7-15)11-4-5-13-14(6-11)18-9-17-13/h4-6,10,12H,8-9H2,1-3H3. The fourth-order valence-electron chi connectivity index (χ4n) is 2.19. The highest BCUT2D eigenvalue weighted by atomic mass is 16.7. The van der Waals surface area contributed by atoms with Crippen molar-refractivity contribution in [1.82, 2.24) is 4.90 Å². The predicted molar refractivity (Wildman–Crippen MR) is 68.4 cm³/mol. The van der Waals surface area contributed by atoms with Gasteiger partial charge >= 0.3 is 0 Å². The normalized spacial score (nSPS) is 14.9. The maximum absolute atomic E-state index is 9.35. The number of rotatable bonds is 4. The second kappa shape index (κ2) is 5.28. The third kappa shape index (κ3) is 2.57. The summed E-state index contributed by atoms with van der Waals surface area (Å²) < 4.78 is 10.6. The molecule has 1 atom stereocenters. The Hall–Kier alpha value is -1.73. The Morgan fingerprint density at radius 1 is 1.33 bits per heavy atom. The molecule has 0 spiro atoms. The van der Waals surface area contributed by atoms with Crippen LogP contribution in [-0.2, 0) is 0 Å². The number of hydrogen-bond acceptors (Lipinski definition) is 4. The summed E-state index contributed by atoms with van der Waals surface area (Å²) in [5.41, 5.74) is 0.949. The zero-order valence-corrected chi connectivity index (χ0v) is 11.0. The van der Waals surface area contributed by atoms with Crippen LogP contribution in [0.1, 0.15) is 25.5 Å². The van der Waals surface area contributed by atoms with Gasteiger partial charge in [0.05, 0.1) is 6.07 Å². The van der Waals surface area contributed by atoms with Gasteiger partial charge in [-0.25, -0.2) is 0 Å². The molecule has 1 aromatic rings. The third-order valence-corrected chi connectivity index (χ3v) is 2.93. The van der Waals surface area contributed by atoms with E-state index in [9.17, 15) is 5.26 Å². The number of hydrogen-bond donors (Lipinski definition) is 0. The zero-order valence-electron chi connectivity index (χ0n) is 11.0. The Bertz CT molecular complexity index is 465. The lowest BCUT2D eigenvalue weighted by Gasteiger charge is -2.24. The van der Waals surface area contributed by atoms with Gasteiger partial charge in [-0.1, -0.05) is 19.9 Å². The number of nitrogens with zero attached hydrogens (tertiary/aromatic N) is 2. The van der Waals surface area contributed by atoms with Crippen molar-refractivity contribution in [2.75, 3.05) is 20.4 Å². The average molecular weight is 246 g/mol. The second-order valence-electron chi connectivity index (χ2n) is 4.98. The van der Waals surface area contributed by atoms with E-state index in [0.717, 1.165) is 23.6 Å². The summed E-state index contributed by atoms with van der Waals surface area (Å²) in [6.45, 7) is 5.43. The lowest BCUT2D eigenvalue weighted by molar-refractivity contribution is 0.174. The molecule has 0 saturated heterocycles. The fourth-order valence-corrected chi connectivity index (χ4v) is 2.19. The SMILES string of the molecule is CC(C)CN(C)C(C#N)c1ccc2c(c1)OCO2. The van der Waals surface area contributed by atoms with Gasteiger partial charge in [0.15, 0.2) is 11.5 Å². The minimum absolute atomic E-state index is 0.248. The zero-order chi connectivity index (χ0) is 13.1. The number of nitriles is 1. The van der Waals surface area contributed by atoms with Crippen LogP contribution >= 0.6 is 0 Å². The van der Waals surface area contributed by atoms with Crippen LogP contribution in [0, 0.1) is 17.2 Å². The summed E-state index contributed by atoms with van der Waals surface area (Å²) in [5.74, 6) is 2.01. The van der Waals surface area contributed by atoms with Gasteiger partial charge in [-0.05, 0) is 30.7 Å². The number of benzene rings is 1. The molecule has 0 saturated carbocycles. The van der Waals surface area contributed by atoms with E-state index < -0.39 is 0 Å². The molecule has 18 heavy (non-hydrogen) atoms. The van der Waals surface area contributed by atoms with E-state index in [4.69, 9.17) is 9.47 Å². The van der Waals surface area contributed by atoms with Gasteiger partial charge in [0.1, 0.15) is 6.04 Å². The number of fused-ring (bicyclic) bond motifs is 1. The first kappa shape index (κ1) is 12.7. The molecular weight excluding hydrogens is 228 g/mol. The lowest BCUT2D eigenvalue weighted by Crippen LogP contribution is -2.27. The van der Waals surface area contributed by atoms with E-state index in [1.165, 1.54) is 0 Å². The maximum Gasteiger partial charge on any atom is 0.231 e. The van der Waals surface area contributed by atoms with Crippen molar-refractivity contribution >= 4 is 0 Å². The van der Waals surface area contributed by atoms with E-state index in [1.807, 2.05) is 25.2 Å². The molecule has 1 aromatic carbocycles. The summed E-state index contributed by atoms with van der Waals surface area (Å²) in [5, 5.41) is 9.35. The summed E-state index contributed by atoms with van der Waals surface area (Å²) in [4.78, 5) is 2.06. The molecular formula is C14H18N2O2. The van der Waals surface area contributed by atoms with Crippen molar-refractivity contribution < 1.29 is 9.47 Å². The molecule has 0 amide bonds. The maximum atomic E-state index is 9.35. The average Bonchev–Trinajstić information content (AvgIpc) is 2.76. The lowest BCUT2D eigenvalue weighted by atomic mass is 10.0. The fraction of sp³-hybridized carbons (Fsp3) is 0.500. The van der Waals surface area contributed by atoms with E-state index >= 15 is 0 Å². The Morgan fingerprint density at radius 3 is 2.72 bits per heavy atom. The third-order valence-electron chi connectivity index (χ3n) is 2.93. The smallest absolute Gasteiger partial charge is 0.231 e. The summed E-state index contributed by atoms with van der Waals surface area (Å²) in [6.07, 6.45) is 0. The van der Waals surface area contributed by atoms with Gasteiger partial charge in [-0.15, -0.1) is 0 Å². The topological polar surface area (TPSA) is 45.5 Å². The van der Waals surface area contributed by atoms with Gasteiger partial charge in [0, 0.05) is 6.54 Å². The minimum atomic E-state index is -0.248. The van der Waals surface area contributed by atoms with Crippen molar-refractivity contribution in [1.29, 1.82) is 5.26 Å². The first-order valence-electron chi connectivity index (χ1n) is 6.11. The first-order chi connectivity index (χ1) is 8.61. The van der Waals surface area contributed by atoms with E-state index in [1.54, 1.807) is 0 Å². The highest BCUT2D eigenvalue weighted by Gasteiger charge is 2.21. The van der Waals surface area contributed by atoms with Gasteiger partial charge in [-0.3, -0.25) is 4.90 Å². The summed E-state index contributed by atoms with van der Waals surface area (Å²) in [6, 6.07) is 7.79. The first-order valence-corrected chi connectivity index (χ1v) is 6.11. The summed E-state index contributed by atoms with van der Waals surface area (Å²) >= 11 is 0. The van der Waals surface area contributed by atoms with E-state index in [0.29, 0.717) is 5.92 Å². The van der Waals surface area contributed by atoms with Gasteiger partial charge < -0.3 is 9.47 Å². The quantitative estimate of drug-likeness (QED) is 0.819. The van der Waals surface area contributed by atoms with E-state index in [-0.39, 0.29) is 12.8 Å². The van der Waals surface area contributed by atoms with Crippen LogP contribution < -0.4 is 9.47 Å². The number of ether oxygens (including phenoxy) is 2. The highest BCUT2D eigenvalue weighted by molar-refractivity contribution is 5.46. The van der Waals surface area contributed by atoms with Gasteiger partial charge in [0.25, 0.3) is 0 Å². The second-order valence-corrected chi connectivity index (χ2v) is 4.98. The molecule has 96 valence electrons. The van der Waals surface area contributed by atoms with Gasteiger partial charge in [0.2, 0.25) is 6.79 Å². The largest absolute Gasteiger partial charge is 0.454 e. The van der Waals surface area contributed by atoms with Crippen molar-refractivity contribution in [3.05, 3.63) is 23.8 Å². The molecule has 1 heterocycles. The molecule has 0 fully saturated rings. The van der Waals surface area contributed by atoms with Crippen LogP contribution in [0.15, 0.2) is 18.2 Å². The summed E-state index contributed by atoms with van der Waals surface area (Å²) in [7, 11) is 1.97. The molecule has 1 unspecified atom stereocenters. The molecule has 0 N–H and O–H groups in total. The Balaban J connectivity index is 2.20. The van der Waals surface area contributed by atoms with Crippen molar-refractivity contribution in [2.45, 2.75) is 19.9 Å². The molecule has 4 nitrogen and oxygen atoms in total. The van der Waals surface area contributed by atoms with Crippen LogP contribution in [0.5, 0.6) is 11.5 Å². The van der Waals surface area contributed by atoms with Crippen LogP contribution in [-0.4, -0.2) is 25.3 Å². The van der Waals surface area contributed by atoms with Crippen LogP contribution in [0.4, 0.5) is 0 Å². The molecule has 4 heteroatoms. The molecule has 0 bridgehead atoms. The molecule has 0 radical (unpaired) electrons.